The van der Waals surface area contributed by atoms with E-state index in [4.69, 9.17) is 10.2 Å². The molecule has 0 aliphatic rings. The number of unbranched alkanes of at least 4 members (excludes halogenated alkanes) is 4. The Morgan fingerprint density at radius 1 is 1.00 bits per heavy atom. The Balaban J connectivity index is -0.000000602. The van der Waals surface area contributed by atoms with Gasteiger partial charge in [-0.3, -0.25) is 9.59 Å². The third kappa shape index (κ3) is 10.1. The molecule has 2 N–H and O–H groups in total. The molecule has 4 nitrogen and oxygen atoms in total. The summed E-state index contributed by atoms with van der Waals surface area (Å²) in [4.78, 5) is 22.1. The van der Waals surface area contributed by atoms with Crippen LogP contribution in [0.5, 0.6) is 0 Å². The summed E-state index contributed by atoms with van der Waals surface area (Å²) in [5.74, 6) is -3.60. The molecule has 1 unspecified atom stereocenters. The van der Waals surface area contributed by atoms with Gasteiger partial charge < -0.3 is 13.1 Å². The maximum absolute atomic E-state index is 11.0. The zero-order valence-corrected chi connectivity index (χ0v) is 15.4. The second-order valence-corrected chi connectivity index (χ2v) is 6.73. The molecular weight excluding hydrogens is 280 g/mol. The first-order valence-electron chi connectivity index (χ1n) is 7.65. The van der Waals surface area contributed by atoms with Gasteiger partial charge in [0.1, 0.15) is 0 Å². The van der Waals surface area contributed by atoms with Gasteiger partial charge in [0, 0.05) is 0 Å². The number of hydrogen-bond acceptors (Lipinski definition) is 2. The molecule has 0 aliphatic carbocycles. The zero-order chi connectivity index (χ0) is 15.8. The summed E-state index contributed by atoms with van der Waals surface area (Å²) in [5.41, 5.74) is -0.0616. The predicted molar refractivity (Wildman–Crippen MR) is 87.7 cm³/mol. The van der Waals surface area contributed by atoms with Gasteiger partial charge in [-0.25, -0.2) is 0 Å². The third-order valence-electron chi connectivity index (χ3n) is 4.00. The summed E-state index contributed by atoms with van der Waals surface area (Å²) in [6.07, 6.45) is 6.95. The van der Waals surface area contributed by atoms with Gasteiger partial charge in [0.2, 0.25) is 0 Å². The van der Waals surface area contributed by atoms with Gasteiger partial charge in [0.15, 0.2) is 5.92 Å². The van der Waals surface area contributed by atoms with Crippen molar-refractivity contribution < 1.29 is 22.7 Å². The maximum atomic E-state index is 11.0. The average molecular weight is 313 g/mol. The van der Waals surface area contributed by atoms with Crippen molar-refractivity contribution in [2.24, 2.45) is 17.3 Å². The summed E-state index contributed by atoms with van der Waals surface area (Å²) in [5, 5.41) is 18.0. The van der Waals surface area contributed by atoms with Gasteiger partial charge >= 0.3 is 35.0 Å². The van der Waals surface area contributed by atoms with Crippen molar-refractivity contribution in [3.05, 3.63) is 0 Å². The molecule has 0 aromatic carbocycles. The Kier molecular flexibility index (Phi) is 12.4. The molecule has 0 heterocycles. The summed E-state index contributed by atoms with van der Waals surface area (Å²) in [6, 6.07) is 0. The summed E-state index contributed by atoms with van der Waals surface area (Å²) >= 11 is 0. The van der Waals surface area contributed by atoms with E-state index in [-0.39, 0.29) is 43.7 Å². The monoisotopic (exact) mass is 312 g/mol. The van der Waals surface area contributed by atoms with E-state index in [1.54, 1.807) is 0 Å². The number of carbonyl (C=O) groups is 2. The quantitative estimate of drug-likeness (QED) is 0.363. The first-order valence-corrected chi connectivity index (χ1v) is 7.65. The Hall–Kier alpha value is -0.294. The minimum Gasteiger partial charge on any atom is -1.00 e. The van der Waals surface area contributed by atoms with Crippen LogP contribution in [0.2, 0.25) is 0 Å². The molecule has 122 valence electrons. The molecule has 0 aliphatic heterocycles. The fraction of sp³-hybridized carbons (Fsp3) is 0.875. The Bertz CT molecular complexity index is 306. The van der Waals surface area contributed by atoms with E-state index >= 15 is 0 Å². The van der Waals surface area contributed by atoms with Crippen molar-refractivity contribution in [1.29, 1.82) is 0 Å². The zero-order valence-electron chi connectivity index (χ0n) is 16.0. The van der Waals surface area contributed by atoms with Crippen LogP contribution in [-0.4, -0.2) is 45.2 Å². The Morgan fingerprint density at radius 2 is 1.48 bits per heavy atom. The number of hydrogen-bond donors (Lipinski definition) is 2. The third-order valence-corrected chi connectivity index (χ3v) is 4.00. The molecule has 1 atom stereocenters. The Morgan fingerprint density at radius 3 is 1.86 bits per heavy atom. The number of carboxylic acids is 2. The molecule has 0 spiro atoms. The van der Waals surface area contributed by atoms with Crippen LogP contribution in [-0.2, 0) is 9.59 Å². The molecule has 21 heavy (non-hydrogen) atoms. The van der Waals surface area contributed by atoms with Crippen molar-refractivity contribution in [1.82, 2.24) is 0 Å². The van der Waals surface area contributed by atoms with Crippen molar-refractivity contribution in [2.45, 2.75) is 72.6 Å². The fourth-order valence-electron chi connectivity index (χ4n) is 2.49. The van der Waals surface area contributed by atoms with E-state index < -0.39 is 17.9 Å². The van der Waals surface area contributed by atoms with Crippen molar-refractivity contribution in [2.75, 3.05) is 0 Å². The van der Waals surface area contributed by atoms with Gasteiger partial charge in [-0.2, -0.15) is 0 Å². The second kappa shape index (κ2) is 11.3. The van der Waals surface area contributed by atoms with Crippen LogP contribution in [0.25, 0.3) is 0 Å². The largest absolute Gasteiger partial charge is 2.00 e. The summed E-state index contributed by atoms with van der Waals surface area (Å²) < 4.78 is 0. The molecule has 0 saturated carbocycles. The van der Waals surface area contributed by atoms with Crippen LogP contribution < -0.4 is 0 Å². The van der Waals surface area contributed by atoms with Crippen molar-refractivity contribution in [3.63, 3.8) is 0 Å². The van der Waals surface area contributed by atoms with E-state index in [1.807, 2.05) is 0 Å². The summed E-state index contributed by atoms with van der Waals surface area (Å²) in [7, 11) is 0. The Labute approximate surface area is 147 Å². The molecule has 0 rings (SSSR count). The first-order chi connectivity index (χ1) is 9.20. The van der Waals surface area contributed by atoms with Gasteiger partial charge in [-0.05, 0) is 24.2 Å². The smallest absolute Gasteiger partial charge is 1.00 e. The van der Waals surface area contributed by atoms with E-state index in [1.165, 1.54) is 19.3 Å². The maximum Gasteiger partial charge on any atom is 2.00 e. The van der Waals surface area contributed by atoms with E-state index in [9.17, 15) is 9.59 Å². The van der Waals surface area contributed by atoms with Gasteiger partial charge in [-0.15, -0.1) is 0 Å². The van der Waals surface area contributed by atoms with Gasteiger partial charge in [0.25, 0.3) is 0 Å². The molecule has 0 aromatic rings. The van der Waals surface area contributed by atoms with Crippen LogP contribution in [0.4, 0.5) is 0 Å². The molecule has 0 bridgehead atoms. The minimum absolute atomic E-state index is 0. The normalized spacial score (nSPS) is 12.8. The number of carboxylic acid groups (broad SMARTS) is 2. The van der Waals surface area contributed by atoms with E-state index in [0.717, 1.165) is 19.3 Å². The van der Waals surface area contributed by atoms with Gasteiger partial charge in [-0.1, -0.05) is 59.8 Å². The minimum atomic E-state index is -1.28. The van der Waals surface area contributed by atoms with Crippen LogP contribution >= 0.6 is 0 Å². The molecule has 0 radical (unpaired) electrons. The molecule has 0 saturated heterocycles. The molecule has 0 aromatic heterocycles. The number of rotatable bonds is 10. The number of aliphatic carboxylic acids is 2. The second-order valence-electron chi connectivity index (χ2n) is 6.73. The van der Waals surface area contributed by atoms with Gasteiger partial charge in [0.05, 0.1) is 0 Å². The van der Waals surface area contributed by atoms with Crippen LogP contribution in [0.3, 0.4) is 0 Å². The van der Waals surface area contributed by atoms with E-state index in [0.29, 0.717) is 0 Å². The molecule has 0 amide bonds. The van der Waals surface area contributed by atoms with Crippen molar-refractivity contribution in [3.8, 4) is 0 Å². The first kappa shape index (κ1) is 23.0. The molecule has 0 fully saturated rings. The van der Waals surface area contributed by atoms with Crippen molar-refractivity contribution >= 4 is 35.0 Å². The summed E-state index contributed by atoms with van der Waals surface area (Å²) in [6.45, 7) is 8.35. The fourth-order valence-corrected chi connectivity index (χ4v) is 2.49. The van der Waals surface area contributed by atoms with Crippen LogP contribution in [0.1, 0.15) is 75.5 Å². The standard InChI is InChI=1S/C16H30O4.Mg.2H/c1-5-6-7-8-9-10-12(16(2,3)4)11-13(14(17)18)15(19)20;;;/h12-13H,5-11H2,1-4H3,(H,17,18)(H,19,20);;;/q;+2;2*-1. The van der Waals surface area contributed by atoms with E-state index in [2.05, 4.69) is 27.7 Å². The van der Waals surface area contributed by atoms with Crippen LogP contribution in [0.15, 0.2) is 0 Å². The topological polar surface area (TPSA) is 74.6 Å². The SMILES string of the molecule is CCCCCCCC(CC(C(=O)O)C(=O)O)C(C)(C)C.[H-].[H-].[Mg+2]. The predicted octanol–water partition coefficient (Wildman–Crippen LogP) is 4.03. The molecule has 5 heteroatoms. The van der Waals surface area contributed by atoms with Crippen LogP contribution in [0, 0.1) is 17.3 Å². The average Bonchev–Trinajstić information content (AvgIpc) is 2.29. The molecular formula is C16H32MgO4.